The molecular weight excluding hydrogens is 141 g/mol. The highest BCUT2D eigenvalue weighted by molar-refractivity contribution is 5.69. The molecule has 0 atom stereocenters. The minimum atomic E-state index is -0.188. The van der Waals surface area contributed by atoms with Gasteiger partial charge in [0.1, 0.15) is 5.82 Å². The van der Waals surface area contributed by atoms with Crippen LogP contribution in [0.1, 0.15) is 5.56 Å². The summed E-state index contributed by atoms with van der Waals surface area (Å²) < 4.78 is 12.6. The van der Waals surface area contributed by atoms with Crippen LogP contribution in [0.3, 0.4) is 0 Å². The first kappa shape index (κ1) is 6.40. The fourth-order valence-electron chi connectivity index (χ4n) is 1.18. The molecule has 0 spiro atoms. The van der Waals surface area contributed by atoms with Crippen LogP contribution < -0.4 is 5.32 Å². The first-order valence-electron chi connectivity index (χ1n) is 3.56. The van der Waals surface area contributed by atoms with E-state index >= 15 is 0 Å². The summed E-state index contributed by atoms with van der Waals surface area (Å²) in [6, 6.07) is 4.75. The standard InChI is InChI=1S/C9H8FN/c10-8-4-3-7-2-1-5-11-9(7)6-8/h1-4,6,11H,5H2. The fraction of sp³-hybridized carbons (Fsp3) is 0.111. The van der Waals surface area contributed by atoms with Crippen molar-refractivity contribution >= 4 is 11.8 Å². The smallest absolute Gasteiger partial charge is 0.125 e. The van der Waals surface area contributed by atoms with E-state index in [1.54, 1.807) is 6.07 Å². The first-order chi connectivity index (χ1) is 5.36. The van der Waals surface area contributed by atoms with Crippen LogP contribution in [-0.2, 0) is 0 Å². The molecule has 56 valence electrons. The van der Waals surface area contributed by atoms with Crippen LogP contribution in [0.2, 0.25) is 0 Å². The zero-order chi connectivity index (χ0) is 7.68. The van der Waals surface area contributed by atoms with Gasteiger partial charge in [0.15, 0.2) is 0 Å². The molecule has 1 heterocycles. The van der Waals surface area contributed by atoms with E-state index < -0.39 is 0 Å². The van der Waals surface area contributed by atoms with Crippen molar-refractivity contribution in [1.82, 2.24) is 0 Å². The van der Waals surface area contributed by atoms with Gasteiger partial charge >= 0.3 is 0 Å². The third-order valence-corrected chi connectivity index (χ3v) is 1.72. The van der Waals surface area contributed by atoms with Crippen LogP contribution in [0.5, 0.6) is 0 Å². The SMILES string of the molecule is Fc1ccc2c(c1)NCC=C2. The molecule has 1 aliphatic rings. The summed E-state index contributed by atoms with van der Waals surface area (Å²) in [7, 11) is 0. The van der Waals surface area contributed by atoms with Gasteiger partial charge in [-0.3, -0.25) is 0 Å². The molecule has 2 heteroatoms. The molecule has 0 saturated carbocycles. The minimum Gasteiger partial charge on any atom is -0.381 e. The molecular formula is C9H8FN. The topological polar surface area (TPSA) is 12.0 Å². The molecule has 1 aromatic rings. The fourth-order valence-corrected chi connectivity index (χ4v) is 1.18. The monoisotopic (exact) mass is 149 g/mol. The molecule has 1 aromatic carbocycles. The molecule has 1 aliphatic heterocycles. The third kappa shape index (κ3) is 1.11. The molecule has 0 radical (unpaired) electrons. The maximum Gasteiger partial charge on any atom is 0.125 e. The Bertz CT molecular complexity index is 304. The number of halogens is 1. The van der Waals surface area contributed by atoms with Crippen molar-refractivity contribution in [3.05, 3.63) is 35.7 Å². The molecule has 0 fully saturated rings. The summed E-state index contributed by atoms with van der Waals surface area (Å²) in [4.78, 5) is 0. The highest BCUT2D eigenvalue weighted by atomic mass is 19.1. The van der Waals surface area contributed by atoms with Crippen molar-refractivity contribution in [2.45, 2.75) is 0 Å². The second-order valence-electron chi connectivity index (χ2n) is 2.51. The highest BCUT2D eigenvalue weighted by Crippen LogP contribution is 2.20. The van der Waals surface area contributed by atoms with Crippen molar-refractivity contribution in [3.8, 4) is 0 Å². The Labute approximate surface area is 64.5 Å². The lowest BCUT2D eigenvalue weighted by molar-refractivity contribution is 0.628. The number of fused-ring (bicyclic) bond motifs is 1. The van der Waals surface area contributed by atoms with Gasteiger partial charge in [-0.1, -0.05) is 18.2 Å². The maximum absolute atomic E-state index is 12.6. The van der Waals surface area contributed by atoms with Gasteiger partial charge in [0.25, 0.3) is 0 Å². The summed E-state index contributed by atoms with van der Waals surface area (Å²) >= 11 is 0. The number of hydrogen-bond acceptors (Lipinski definition) is 1. The van der Waals surface area contributed by atoms with E-state index in [1.165, 1.54) is 12.1 Å². The number of rotatable bonds is 0. The van der Waals surface area contributed by atoms with Crippen LogP contribution >= 0.6 is 0 Å². The zero-order valence-electron chi connectivity index (χ0n) is 5.97. The van der Waals surface area contributed by atoms with Crippen LogP contribution in [0, 0.1) is 5.82 Å². The van der Waals surface area contributed by atoms with Gasteiger partial charge in [0.2, 0.25) is 0 Å². The Hall–Kier alpha value is -1.31. The Kier molecular flexibility index (Phi) is 1.39. The normalized spacial score (nSPS) is 13.9. The van der Waals surface area contributed by atoms with Crippen molar-refractivity contribution < 1.29 is 4.39 Å². The molecule has 0 unspecified atom stereocenters. The van der Waals surface area contributed by atoms with E-state index in [-0.39, 0.29) is 5.82 Å². The number of hydrogen-bond donors (Lipinski definition) is 1. The lowest BCUT2D eigenvalue weighted by Crippen LogP contribution is -2.04. The molecule has 11 heavy (non-hydrogen) atoms. The molecule has 0 saturated heterocycles. The van der Waals surface area contributed by atoms with Gasteiger partial charge in [0.05, 0.1) is 0 Å². The molecule has 0 amide bonds. The van der Waals surface area contributed by atoms with Gasteiger partial charge in [0, 0.05) is 12.2 Å². The second-order valence-corrected chi connectivity index (χ2v) is 2.51. The largest absolute Gasteiger partial charge is 0.381 e. The summed E-state index contributed by atoms with van der Waals surface area (Å²) in [5.74, 6) is -0.188. The summed E-state index contributed by atoms with van der Waals surface area (Å²) in [6.07, 6.45) is 4.01. The van der Waals surface area contributed by atoms with Crippen molar-refractivity contribution in [1.29, 1.82) is 0 Å². The van der Waals surface area contributed by atoms with Crippen molar-refractivity contribution in [2.75, 3.05) is 11.9 Å². The van der Waals surface area contributed by atoms with E-state index in [0.717, 1.165) is 17.8 Å². The van der Waals surface area contributed by atoms with E-state index in [0.29, 0.717) is 0 Å². The molecule has 1 nitrogen and oxygen atoms in total. The van der Waals surface area contributed by atoms with E-state index in [4.69, 9.17) is 0 Å². The van der Waals surface area contributed by atoms with E-state index in [2.05, 4.69) is 5.32 Å². The highest BCUT2D eigenvalue weighted by Gasteiger charge is 2.02. The Morgan fingerprint density at radius 2 is 2.27 bits per heavy atom. The van der Waals surface area contributed by atoms with Crippen molar-refractivity contribution in [2.24, 2.45) is 0 Å². The summed E-state index contributed by atoms with van der Waals surface area (Å²) in [5, 5.41) is 3.08. The van der Waals surface area contributed by atoms with Gasteiger partial charge in [-0.2, -0.15) is 0 Å². The second kappa shape index (κ2) is 2.38. The lowest BCUT2D eigenvalue weighted by Gasteiger charge is -2.11. The maximum atomic E-state index is 12.6. The Morgan fingerprint density at radius 3 is 3.18 bits per heavy atom. The minimum absolute atomic E-state index is 0.188. The average molecular weight is 149 g/mol. The van der Waals surface area contributed by atoms with Crippen LogP contribution in [0.4, 0.5) is 10.1 Å². The molecule has 0 aromatic heterocycles. The molecule has 0 bridgehead atoms. The number of anilines is 1. The van der Waals surface area contributed by atoms with Crippen LogP contribution in [0.15, 0.2) is 24.3 Å². The molecule has 2 rings (SSSR count). The zero-order valence-corrected chi connectivity index (χ0v) is 5.97. The quantitative estimate of drug-likeness (QED) is 0.596. The predicted octanol–water partition coefficient (Wildman–Crippen LogP) is 2.26. The van der Waals surface area contributed by atoms with Gasteiger partial charge in [-0.05, 0) is 17.7 Å². The Balaban J connectivity index is 2.53. The number of benzene rings is 1. The third-order valence-electron chi connectivity index (χ3n) is 1.72. The van der Waals surface area contributed by atoms with Crippen LogP contribution in [0.25, 0.3) is 6.08 Å². The molecule has 0 aliphatic carbocycles. The lowest BCUT2D eigenvalue weighted by atomic mass is 10.1. The van der Waals surface area contributed by atoms with Gasteiger partial charge in [-0.25, -0.2) is 4.39 Å². The predicted molar refractivity (Wildman–Crippen MR) is 43.9 cm³/mol. The van der Waals surface area contributed by atoms with Crippen molar-refractivity contribution in [3.63, 3.8) is 0 Å². The van der Waals surface area contributed by atoms with Gasteiger partial charge < -0.3 is 5.32 Å². The summed E-state index contributed by atoms with van der Waals surface area (Å²) in [5.41, 5.74) is 1.94. The first-order valence-corrected chi connectivity index (χ1v) is 3.56. The van der Waals surface area contributed by atoms with E-state index in [1.807, 2.05) is 12.2 Å². The van der Waals surface area contributed by atoms with Gasteiger partial charge in [-0.15, -0.1) is 0 Å². The average Bonchev–Trinajstić information content (AvgIpc) is 2.04. The number of nitrogens with one attached hydrogen (secondary N) is 1. The van der Waals surface area contributed by atoms with Crippen LogP contribution in [-0.4, -0.2) is 6.54 Å². The van der Waals surface area contributed by atoms with E-state index in [9.17, 15) is 4.39 Å². The summed E-state index contributed by atoms with van der Waals surface area (Å²) in [6.45, 7) is 0.788. The Morgan fingerprint density at radius 1 is 1.36 bits per heavy atom. The molecule has 1 N–H and O–H groups in total.